The van der Waals surface area contributed by atoms with E-state index >= 15 is 0 Å². The van der Waals surface area contributed by atoms with Gasteiger partial charge in [-0.25, -0.2) is 13.1 Å². The highest BCUT2D eigenvalue weighted by atomic mass is 32.2. The summed E-state index contributed by atoms with van der Waals surface area (Å²) in [5, 5.41) is 0. The topological polar surface area (TPSA) is 72.5 Å². The zero-order chi connectivity index (χ0) is 20.0. The van der Waals surface area contributed by atoms with Gasteiger partial charge in [-0.15, -0.1) is 0 Å². The number of aryl methyl sites for hydroxylation is 1. The molecule has 27 heavy (non-hydrogen) atoms. The number of carbonyl (C=O) groups is 1. The van der Waals surface area contributed by atoms with E-state index in [-0.39, 0.29) is 11.7 Å². The molecule has 0 aromatic heterocycles. The van der Waals surface area contributed by atoms with Gasteiger partial charge >= 0.3 is 5.97 Å². The van der Waals surface area contributed by atoms with Crippen molar-refractivity contribution < 1.29 is 17.9 Å². The summed E-state index contributed by atoms with van der Waals surface area (Å²) in [4.78, 5) is 11.4. The summed E-state index contributed by atoms with van der Waals surface area (Å²) in [6.07, 6.45) is 8.15. The highest BCUT2D eigenvalue weighted by Gasteiger charge is 2.09. The van der Waals surface area contributed by atoms with Gasteiger partial charge in [0.05, 0.1) is 12.4 Å². The minimum atomic E-state index is -3.18. The van der Waals surface area contributed by atoms with Crippen molar-refractivity contribution in [1.82, 2.24) is 4.72 Å². The predicted octanol–water partition coefficient (Wildman–Crippen LogP) is 4.00. The first kappa shape index (κ1) is 23.6. The Morgan fingerprint density at radius 2 is 1.52 bits per heavy atom. The molecule has 1 rings (SSSR count). The first-order chi connectivity index (χ1) is 13.0. The van der Waals surface area contributed by atoms with Crippen molar-refractivity contribution in [2.45, 2.75) is 71.6 Å². The van der Waals surface area contributed by atoms with Gasteiger partial charge in [-0.3, -0.25) is 4.79 Å². The third-order valence-electron chi connectivity index (χ3n) is 4.45. The van der Waals surface area contributed by atoms with Gasteiger partial charge in [-0.05, 0) is 37.3 Å². The van der Waals surface area contributed by atoms with E-state index in [4.69, 9.17) is 4.74 Å². The number of nitrogens with one attached hydrogen (secondary N) is 1. The molecule has 0 heterocycles. The van der Waals surface area contributed by atoms with Gasteiger partial charge in [-0.1, -0.05) is 63.3 Å². The molecule has 0 aliphatic heterocycles. The van der Waals surface area contributed by atoms with E-state index in [0.717, 1.165) is 30.4 Å². The van der Waals surface area contributed by atoms with Crippen LogP contribution in [0.25, 0.3) is 0 Å². The van der Waals surface area contributed by atoms with Crippen molar-refractivity contribution in [2.24, 2.45) is 0 Å². The molecule has 0 aliphatic rings. The monoisotopic (exact) mass is 397 g/mol. The van der Waals surface area contributed by atoms with Crippen LogP contribution in [0.4, 0.5) is 0 Å². The molecule has 0 spiro atoms. The van der Waals surface area contributed by atoms with Gasteiger partial charge in [0.2, 0.25) is 10.0 Å². The minimum Gasteiger partial charge on any atom is -0.466 e. The molecule has 0 aliphatic carbocycles. The van der Waals surface area contributed by atoms with Crippen LogP contribution < -0.4 is 4.72 Å². The number of hydrogen-bond donors (Lipinski definition) is 1. The zero-order valence-electron chi connectivity index (χ0n) is 16.8. The number of esters is 1. The Bertz CT molecular complexity index is 626. The largest absolute Gasteiger partial charge is 0.466 e. The van der Waals surface area contributed by atoms with Crippen LogP contribution in [0.1, 0.15) is 69.9 Å². The van der Waals surface area contributed by atoms with Crippen molar-refractivity contribution in [1.29, 1.82) is 0 Å². The Balaban J connectivity index is 2.23. The van der Waals surface area contributed by atoms with E-state index < -0.39 is 10.0 Å². The van der Waals surface area contributed by atoms with Crippen molar-refractivity contribution in [3.05, 3.63) is 35.4 Å². The molecule has 1 N–H and O–H groups in total. The lowest BCUT2D eigenvalue weighted by molar-refractivity contribution is -0.143. The van der Waals surface area contributed by atoms with E-state index in [9.17, 15) is 13.2 Å². The van der Waals surface area contributed by atoms with Gasteiger partial charge in [0.1, 0.15) is 0 Å². The minimum absolute atomic E-state index is 0.179. The van der Waals surface area contributed by atoms with Gasteiger partial charge in [0.15, 0.2) is 0 Å². The van der Waals surface area contributed by atoms with Crippen LogP contribution in [-0.2, 0) is 32.4 Å². The quantitative estimate of drug-likeness (QED) is 0.359. The lowest BCUT2D eigenvalue weighted by Gasteiger charge is -2.08. The molecule has 5 nitrogen and oxygen atoms in total. The molecule has 0 radical (unpaired) electrons. The van der Waals surface area contributed by atoms with Crippen molar-refractivity contribution in [2.75, 3.05) is 18.9 Å². The SMILES string of the molecule is CCCCCCCCS(=O)(=O)NCCc1ccc(CCC(=O)OCC)cc1. The van der Waals surface area contributed by atoms with Crippen LogP contribution in [-0.4, -0.2) is 33.3 Å². The lowest BCUT2D eigenvalue weighted by atomic mass is 10.1. The first-order valence-corrected chi connectivity index (χ1v) is 11.8. The molecule has 6 heteroatoms. The maximum absolute atomic E-state index is 12.0. The Morgan fingerprint density at radius 1 is 0.926 bits per heavy atom. The van der Waals surface area contributed by atoms with Crippen molar-refractivity contribution >= 4 is 16.0 Å². The summed E-state index contributed by atoms with van der Waals surface area (Å²) < 4.78 is 31.6. The number of unbranched alkanes of at least 4 members (excludes halogenated alkanes) is 5. The summed E-state index contributed by atoms with van der Waals surface area (Å²) in [6.45, 7) is 4.80. The van der Waals surface area contributed by atoms with Crippen LogP contribution in [0.5, 0.6) is 0 Å². The van der Waals surface area contributed by atoms with Gasteiger partial charge < -0.3 is 4.74 Å². The van der Waals surface area contributed by atoms with Crippen LogP contribution in [0.3, 0.4) is 0 Å². The average Bonchev–Trinajstić information content (AvgIpc) is 2.64. The second-order valence-electron chi connectivity index (χ2n) is 6.85. The summed E-state index contributed by atoms with van der Waals surface area (Å²) in [5.74, 6) is 0.0349. The fraction of sp³-hybridized carbons (Fsp3) is 0.667. The number of hydrogen-bond acceptors (Lipinski definition) is 4. The second kappa shape index (κ2) is 13.7. The fourth-order valence-corrected chi connectivity index (χ4v) is 3.99. The number of carbonyl (C=O) groups excluding carboxylic acids is 1. The Labute approximate surface area is 164 Å². The van der Waals surface area contributed by atoms with Crippen LogP contribution in [0.2, 0.25) is 0 Å². The second-order valence-corrected chi connectivity index (χ2v) is 8.78. The lowest BCUT2D eigenvalue weighted by Crippen LogP contribution is -2.28. The molecule has 0 fully saturated rings. The molecule has 0 atom stereocenters. The normalized spacial score (nSPS) is 11.5. The molecule has 0 saturated heterocycles. The molecular formula is C21H35NO4S. The summed E-state index contributed by atoms with van der Waals surface area (Å²) in [5.41, 5.74) is 2.16. The number of sulfonamides is 1. The fourth-order valence-electron chi connectivity index (χ4n) is 2.85. The smallest absolute Gasteiger partial charge is 0.306 e. The standard InChI is InChI=1S/C21H35NO4S/c1-3-5-6-7-8-9-18-27(24,25)22-17-16-20-12-10-19(11-13-20)14-15-21(23)26-4-2/h10-13,22H,3-9,14-18H2,1-2H3. The molecule has 154 valence electrons. The highest BCUT2D eigenvalue weighted by Crippen LogP contribution is 2.09. The first-order valence-electron chi connectivity index (χ1n) is 10.2. The number of rotatable bonds is 15. The van der Waals surface area contributed by atoms with Gasteiger partial charge in [0, 0.05) is 13.0 Å². The summed E-state index contributed by atoms with van der Waals surface area (Å²) in [6, 6.07) is 7.95. The predicted molar refractivity (Wildman–Crippen MR) is 110 cm³/mol. The van der Waals surface area contributed by atoms with Gasteiger partial charge in [0.25, 0.3) is 0 Å². The van der Waals surface area contributed by atoms with Gasteiger partial charge in [-0.2, -0.15) is 0 Å². The third kappa shape index (κ3) is 11.8. The molecule has 0 saturated carbocycles. The molecule has 1 aromatic rings. The molecule has 1 aromatic carbocycles. The summed E-state index contributed by atoms with van der Waals surface area (Å²) >= 11 is 0. The highest BCUT2D eigenvalue weighted by molar-refractivity contribution is 7.89. The maximum Gasteiger partial charge on any atom is 0.306 e. The van der Waals surface area contributed by atoms with E-state index in [1.807, 2.05) is 24.3 Å². The van der Waals surface area contributed by atoms with Crippen LogP contribution in [0.15, 0.2) is 24.3 Å². The summed E-state index contributed by atoms with van der Waals surface area (Å²) in [7, 11) is -3.18. The Hall–Kier alpha value is -1.40. The number of benzene rings is 1. The van der Waals surface area contributed by atoms with E-state index in [2.05, 4.69) is 11.6 Å². The van der Waals surface area contributed by atoms with E-state index in [1.165, 1.54) is 19.3 Å². The van der Waals surface area contributed by atoms with E-state index in [0.29, 0.717) is 32.4 Å². The van der Waals surface area contributed by atoms with Crippen molar-refractivity contribution in [3.8, 4) is 0 Å². The number of ether oxygens (including phenoxy) is 1. The Kier molecular flexibility index (Phi) is 12.0. The molecular weight excluding hydrogens is 362 g/mol. The van der Waals surface area contributed by atoms with E-state index in [1.54, 1.807) is 6.92 Å². The molecule has 0 unspecified atom stereocenters. The molecule has 0 amide bonds. The maximum atomic E-state index is 12.0. The Morgan fingerprint density at radius 3 is 2.15 bits per heavy atom. The van der Waals surface area contributed by atoms with Crippen LogP contribution >= 0.6 is 0 Å². The third-order valence-corrected chi connectivity index (χ3v) is 5.92. The van der Waals surface area contributed by atoms with Crippen LogP contribution in [0, 0.1) is 0 Å². The zero-order valence-corrected chi connectivity index (χ0v) is 17.7. The average molecular weight is 398 g/mol. The molecule has 0 bridgehead atoms. The van der Waals surface area contributed by atoms with Crippen molar-refractivity contribution in [3.63, 3.8) is 0 Å².